The van der Waals surface area contributed by atoms with Crippen molar-refractivity contribution in [3.05, 3.63) is 0 Å². The largest absolute Gasteiger partial charge is 0.443 e. The van der Waals surface area contributed by atoms with Crippen LogP contribution in [0.15, 0.2) is 0 Å². The zero-order valence-electron chi connectivity index (χ0n) is 7.06. The number of β-amino-alcohol motifs (C(OH)–C–C–N with tert-alkyl or cyclic N) is 1. The second-order valence-electron chi connectivity index (χ2n) is 3.00. The number of nitrogens with two attached hydrogens (primary N) is 1. The van der Waals surface area contributed by atoms with Gasteiger partial charge in [-0.2, -0.15) is 0 Å². The van der Waals surface area contributed by atoms with E-state index in [1.54, 1.807) is 6.92 Å². The summed E-state index contributed by atoms with van der Waals surface area (Å²) in [7, 11) is 0. The van der Waals surface area contributed by atoms with Gasteiger partial charge in [0.25, 0.3) is 0 Å². The fraction of sp³-hybridized carbons (Fsp3) is 0.857. The van der Waals surface area contributed by atoms with E-state index in [4.69, 9.17) is 15.6 Å². The van der Waals surface area contributed by atoms with E-state index in [0.717, 1.165) is 0 Å². The number of carbonyl (C=O) groups is 1. The Bertz CT molecular complexity index is 172. The summed E-state index contributed by atoms with van der Waals surface area (Å²) in [5.41, 5.74) is 5.32. The van der Waals surface area contributed by atoms with Gasteiger partial charge in [0.15, 0.2) is 0 Å². The van der Waals surface area contributed by atoms with E-state index in [-0.39, 0.29) is 12.2 Å². The number of aliphatic hydroxyl groups excluding tert-OH is 1. The van der Waals surface area contributed by atoms with Crippen molar-refractivity contribution in [3.63, 3.8) is 0 Å². The van der Waals surface area contributed by atoms with Crippen molar-refractivity contribution in [1.29, 1.82) is 0 Å². The van der Waals surface area contributed by atoms with E-state index in [2.05, 4.69) is 0 Å². The summed E-state index contributed by atoms with van der Waals surface area (Å²) in [6.07, 6.45) is -1.11. The lowest BCUT2D eigenvalue weighted by molar-refractivity contribution is 0.120. The standard InChI is InChI=1S/C7H14N2O3/c1-5(10)3-9-4-6(2-8)12-7(9)11/h5-6,10H,2-4,8H2,1H3. The highest BCUT2D eigenvalue weighted by molar-refractivity contribution is 5.69. The van der Waals surface area contributed by atoms with Gasteiger partial charge in [0.2, 0.25) is 0 Å². The van der Waals surface area contributed by atoms with Crippen molar-refractivity contribution >= 4 is 6.09 Å². The summed E-state index contributed by atoms with van der Waals surface area (Å²) in [6, 6.07) is 0. The highest BCUT2D eigenvalue weighted by Gasteiger charge is 2.30. The van der Waals surface area contributed by atoms with E-state index < -0.39 is 6.10 Å². The summed E-state index contributed by atoms with van der Waals surface area (Å²) in [5.74, 6) is 0. The fourth-order valence-electron chi connectivity index (χ4n) is 1.17. The number of amides is 1. The molecule has 1 fully saturated rings. The molecule has 12 heavy (non-hydrogen) atoms. The third-order valence-electron chi connectivity index (χ3n) is 1.70. The van der Waals surface area contributed by atoms with Gasteiger partial charge in [-0.05, 0) is 6.92 Å². The molecule has 1 rings (SSSR count). The SMILES string of the molecule is CC(O)CN1CC(CN)OC1=O. The predicted octanol–water partition coefficient (Wildman–Crippen LogP) is -0.853. The van der Waals surface area contributed by atoms with E-state index in [1.807, 2.05) is 0 Å². The molecule has 2 atom stereocenters. The first kappa shape index (κ1) is 9.28. The lowest BCUT2D eigenvalue weighted by atomic mass is 10.3. The van der Waals surface area contributed by atoms with Crippen molar-refractivity contribution in [2.75, 3.05) is 19.6 Å². The number of carbonyl (C=O) groups excluding carboxylic acids is 1. The minimum Gasteiger partial charge on any atom is -0.443 e. The average molecular weight is 174 g/mol. The Kier molecular flexibility index (Phi) is 2.88. The molecule has 2 unspecified atom stereocenters. The third kappa shape index (κ3) is 2.09. The first-order chi connectivity index (χ1) is 5.63. The van der Waals surface area contributed by atoms with Crippen LogP contribution in [-0.4, -0.2) is 47.9 Å². The zero-order valence-corrected chi connectivity index (χ0v) is 7.06. The van der Waals surface area contributed by atoms with Crippen LogP contribution >= 0.6 is 0 Å². The molecule has 5 nitrogen and oxygen atoms in total. The second kappa shape index (κ2) is 3.73. The van der Waals surface area contributed by atoms with Crippen molar-refractivity contribution in [2.24, 2.45) is 5.73 Å². The van der Waals surface area contributed by atoms with Gasteiger partial charge in [-0.15, -0.1) is 0 Å². The molecule has 0 aromatic rings. The maximum Gasteiger partial charge on any atom is 0.410 e. The molecule has 1 aliphatic rings. The highest BCUT2D eigenvalue weighted by atomic mass is 16.6. The summed E-state index contributed by atoms with van der Waals surface area (Å²) in [6.45, 7) is 2.76. The van der Waals surface area contributed by atoms with Gasteiger partial charge in [0, 0.05) is 13.1 Å². The van der Waals surface area contributed by atoms with Crippen molar-refractivity contribution < 1.29 is 14.6 Å². The molecule has 3 N–H and O–H groups in total. The molecule has 0 radical (unpaired) electrons. The molecule has 0 aromatic heterocycles. The molecular formula is C7H14N2O3. The molecule has 1 heterocycles. The van der Waals surface area contributed by atoms with Crippen LogP contribution in [0.5, 0.6) is 0 Å². The summed E-state index contributed by atoms with van der Waals surface area (Å²) >= 11 is 0. The Morgan fingerprint density at radius 2 is 2.58 bits per heavy atom. The quantitative estimate of drug-likeness (QED) is 0.584. The Labute approximate surface area is 71.1 Å². The topological polar surface area (TPSA) is 75.8 Å². The van der Waals surface area contributed by atoms with Gasteiger partial charge in [-0.1, -0.05) is 0 Å². The number of aliphatic hydroxyl groups is 1. The Morgan fingerprint density at radius 3 is 3.00 bits per heavy atom. The first-order valence-corrected chi connectivity index (χ1v) is 3.97. The molecule has 0 aliphatic carbocycles. The van der Waals surface area contributed by atoms with Gasteiger partial charge >= 0.3 is 6.09 Å². The minimum atomic E-state index is -0.519. The minimum absolute atomic E-state index is 0.212. The molecule has 1 saturated heterocycles. The zero-order chi connectivity index (χ0) is 9.14. The Balaban J connectivity index is 2.41. The van der Waals surface area contributed by atoms with E-state index in [0.29, 0.717) is 19.6 Å². The van der Waals surface area contributed by atoms with Crippen molar-refractivity contribution in [2.45, 2.75) is 19.1 Å². The lowest BCUT2D eigenvalue weighted by Gasteiger charge is -2.13. The third-order valence-corrected chi connectivity index (χ3v) is 1.70. The molecule has 70 valence electrons. The van der Waals surface area contributed by atoms with Crippen LogP contribution in [0.2, 0.25) is 0 Å². The number of hydrogen-bond donors (Lipinski definition) is 2. The average Bonchev–Trinajstić information content (AvgIpc) is 2.31. The number of hydrogen-bond acceptors (Lipinski definition) is 4. The van der Waals surface area contributed by atoms with Crippen LogP contribution in [-0.2, 0) is 4.74 Å². The van der Waals surface area contributed by atoms with Crippen LogP contribution < -0.4 is 5.73 Å². The second-order valence-corrected chi connectivity index (χ2v) is 3.00. The summed E-state index contributed by atoms with van der Waals surface area (Å²) < 4.78 is 4.87. The van der Waals surface area contributed by atoms with E-state index in [1.165, 1.54) is 4.90 Å². The number of ether oxygens (including phenoxy) is 1. The van der Waals surface area contributed by atoms with Crippen LogP contribution in [0.4, 0.5) is 4.79 Å². The number of rotatable bonds is 3. The van der Waals surface area contributed by atoms with E-state index >= 15 is 0 Å². The molecule has 0 spiro atoms. The highest BCUT2D eigenvalue weighted by Crippen LogP contribution is 2.10. The monoisotopic (exact) mass is 174 g/mol. The normalized spacial score (nSPS) is 25.8. The summed E-state index contributed by atoms with van der Waals surface area (Å²) in [5, 5.41) is 9.01. The van der Waals surface area contributed by atoms with Crippen LogP contribution in [0.1, 0.15) is 6.92 Å². The van der Waals surface area contributed by atoms with Crippen molar-refractivity contribution in [1.82, 2.24) is 4.90 Å². The van der Waals surface area contributed by atoms with E-state index in [9.17, 15) is 4.79 Å². The molecule has 1 aliphatic heterocycles. The van der Waals surface area contributed by atoms with Crippen molar-refractivity contribution in [3.8, 4) is 0 Å². The molecular weight excluding hydrogens is 160 g/mol. The molecule has 0 aromatic carbocycles. The maximum atomic E-state index is 11.0. The Hall–Kier alpha value is -0.810. The number of nitrogens with zero attached hydrogens (tertiary/aromatic N) is 1. The van der Waals surface area contributed by atoms with Gasteiger partial charge < -0.3 is 20.5 Å². The van der Waals surface area contributed by atoms with Crippen LogP contribution in [0, 0.1) is 0 Å². The number of cyclic esters (lactones) is 1. The van der Waals surface area contributed by atoms with Gasteiger partial charge in [-0.3, -0.25) is 0 Å². The summed E-state index contributed by atoms with van der Waals surface area (Å²) in [4.78, 5) is 12.5. The molecule has 5 heteroatoms. The fourth-order valence-corrected chi connectivity index (χ4v) is 1.17. The van der Waals surface area contributed by atoms with Gasteiger partial charge in [-0.25, -0.2) is 4.79 Å². The van der Waals surface area contributed by atoms with Gasteiger partial charge in [0.05, 0.1) is 12.6 Å². The van der Waals surface area contributed by atoms with Crippen LogP contribution in [0.3, 0.4) is 0 Å². The maximum absolute atomic E-state index is 11.0. The molecule has 0 saturated carbocycles. The Morgan fingerprint density at radius 1 is 1.92 bits per heavy atom. The smallest absolute Gasteiger partial charge is 0.410 e. The predicted molar refractivity (Wildman–Crippen MR) is 42.6 cm³/mol. The molecule has 1 amide bonds. The van der Waals surface area contributed by atoms with Crippen LogP contribution in [0.25, 0.3) is 0 Å². The first-order valence-electron chi connectivity index (χ1n) is 3.97. The molecule has 0 bridgehead atoms. The van der Waals surface area contributed by atoms with Gasteiger partial charge in [0.1, 0.15) is 6.10 Å². The lowest BCUT2D eigenvalue weighted by Crippen LogP contribution is -2.33.